The van der Waals surface area contributed by atoms with Crippen LogP contribution < -0.4 is 21.3 Å². The molecule has 0 spiro atoms. The zero-order chi connectivity index (χ0) is 22.0. The highest BCUT2D eigenvalue weighted by molar-refractivity contribution is 5.88. The number of nitrogen functional groups attached to an aromatic ring is 1. The van der Waals surface area contributed by atoms with Crippen LogP contribution in [0, 0.1) is 11.3 Å². The number of aromatic nitrogens is 3. The van der Waals surface area contributed by atoms with Crippen molar-refractivity contribution in [2.75, 3.05) is 18.2 Å². The van der Waals surface area contributed by atoms with Crippen LogP contribution in [0.1, 0.15) is 24.2 Å². The molecule has 0 saturated carbocycles. The third-order valence-corrected chi connectivity index (χ3v) is 5.00. The van der Waals surface area contributed by atoms with E-state index in [0.717, 1.165) is 5.39 Å². The van der Waals surface area contributed by atoms with Gasteiger partial charge in [-0.05, 0) is 36.6 Å². The van der Waals surface area contributed by atoms with Crippen molar-refractivity contribution < 1.29 is 4.74 Å². The van der Waals surface area contributed by atoms with Crippen molar-refractivity contribution in [2.45, 2.75) is 13.0 Å². The highest BCUT2D eigenvalue weighted by Gasteiger charge is 2.19. The summed E-state index contributed by atoms with van der Waals surface area (Å²) in [5.74, 6) is 0.868. The number of rotatable bonds is 5. The number of nitrogens with one attached hydrogen (secondary N) is 1. The molecule has 8 heteroatoms. The molecule has 154 valence electrons. The fourth-order valence-corrected chi connectivity index (χ4v) is 3.55. The van der Waals surface area contributed by atoms with E-state index in [1.807, 2.05) is 55.5 Å². The normalized spacial score (nSPS) is 11.6. The van der Waals surface area contributed by atoms with E-state index < -0.39 is 0 Å². The highest BCUT2D eigenvalue weighted by atomic mass is 16.5. The van der Waals surface area contributed by atoms with Gasteiger partial charge in [0.2, 0.25) is 5.95 Å². The Labute approximate surface area is 178 Å². The molecule has 4 rings (SSSR count). The van der Waals surface area contributed by atoms with E-state index in [4.69, 9.17) is 10.5 Å². The van der Waals surface area contributed by atoms with E-state index >= 15 is 0 Å². The van der Waals surface area contributed by atoms with Crippen molar-refractivity contribution in [1.29, 1.82) is 5.26 Å². The van der Waals surface area contributed by atoms with Gasteiger partial charge in [0.25, 0.3) is 5.56 Å². The van der Waals surface area contributed by atoms with Gasteiger partial charge in [0.1, 0.15) is 23.2 Å². The average Bonchev–Trinajstić information content (AvgIpc) is 2.79. The highest BCUT2D eigenvalue weighted by Crippen LogP contribution is 2.28. The summed E-state index contributed by atoms with van der Waals surface area (Å²) in [4.78, 5) is 21.6. The fourth-order valence-electron chi connectivity index (χ4n) is 3.55. The Morgan fingerprint density at radius 3 is 2.68 bits per heavy atom. The molecule has 0 fully saturated rings. The second-order valence-electron chi connectivity index (χ2n) is 6.94. The summed E-state index contributed by atoms with van der Waals surface area (Å²) in [5.41, 5.74) is 7.17. The molecule has 0 aliphatic rings. The molecule has 4 aromatic rings. The van der Waals surface area contributed by atoms with E-state index in [0.29, 0.717) is 28.3 Å². The molecular formula is C23H20N6O2. The number of nitriles is 1. The summed E-state index contributed by atoms with van der Waals surface area (Å²) < 4.78 is 7.08. The number of fused-ring (bicyclic) bond motifs is 1. The van der Waals surface area contributed by atoms with Crippen LogP contribution in [0.25, 0.3) is 16.5 Å². The maximum Gasteiger partial charge on any atom is 0.267 e. The third kappa shape index (κ3) is 3.65. The van der Waals surface area contributed by atoms with Gasteiger partial charge in [-0.3, -0.25) is 9.36 Å². The topological polar surface area (TPSA) is 119 Å². The smallest absolute Gasteiger partial charge is 0.267 e. The average molecular weight is 412 g/mol. The molecule has 0 bridgehead atoms. The van der Waals surface area contributed by atoms with Crippen molar-refractivity contribution in [3.63, 3.8) is 0 Å². The molecular weight excluding hydrogens is 392 g/mol. The minimum Gasteiger partial charge on any atom is -0.496 e. The number of anilines is 2. The monoisotopic (exact) mass is 412 g/mol. The van der Waals surface area contributed by atoms with Crippen molar-refractivity contribution in [3.05, 3.63) is 82.4 Å². The predicted molar refractivity (Wildman–Crippen MR) is 119 cm³/mol. The lowest BCUT2D eigenvalue weighted by Crippen LogP contribution is -2.26. The number of hydrogen-bond donors (Lipinski definition) is 2. The van der Waals surface area contributed by atoms with Gasteiger partial charge >= 0.3 is 0 Å². The second kappa shape index (κ2) is 8.16. The molecule has 0 saturated heterocycles. The van der Waals surface area contributed by atoms with Crippen LogP contribution in [0.2, 0.25) is 0 Å². The summed E-state index contributed by atoms with van der Waals surface area (Å²) in [6.07, 6.45) is 1.37. The maximum absolute atomic E-state index is 13.6. The van der Waals surface area contributed by atoms with Crippen molar-refractivity contribution >= 4 is 22.5 Å². The Morgan fingerprint density at radius 1 is 1.19 bits per heavy atom. The number of nitrogens with two attached hydrogens (primary N) is 1. The molecule has 2 heterocycles. The molecule has 31 heavy (non-hydrogen) atoms. The van der Waals surface area contributed by atoms with Gasteiger partial charge in [0.15, 0.2) is 0 Å². The molecule has 2 aromatic heterocycles. The molecule has 0 unspecified atom stereocenters. The summed E-state index contributed by atoms with van der Waals surface area (Å²) in [5, 5.41) is 13.8. The maximum atomic E-state index is 13.6. The number of benzene rings is 2. The Morgan fingerprint density at radius 2 is 1.97 bits per heavy atom. The van der Waals surface area contributed by atoms with Gasteiger partial charge in [-0.2, -0.15) is 10.2 Å². The van der Waals surface area contributed by atoms with Crippen LogP contribution in [0.15, 0.2) is 65.6 Å². The molecule has 0 aliphatic heterocycles. The van der Waals surface area contributed by atoms with Crippen molar-refractivity contribution in [1.82, 2.24) is 14.5 Å². The molecule has 0 aliphatic carbocycles. The van der Waals surface area contributed by atoms with Gasteiger partial charge in [0, 0.05) is 11.4 Å². The molecule has 8 nitrogen and oxygen atoms in total. The minimum absolute atomic E-state index is 0.0531. The van der Waals surface area contributed by atoms with Crippen molar-refractivity contribution in [2.24, 2.45) is 0 Å². The van der Waals surface area contributed by atoms with Crippen LogP contribution in [-0.2, 0) is 0 Å². The first-order valence-corrected chi connectivity index (χ1v) is 9.60. The summed E-state index contributed by atoms with van der Waals surface area (Å²) in [6.45, 7) is 1.89. The zero-order valence-electron chi connectivity index (χ0n) is 17.0. The number of nitrogens with zero attached hydrogens (tertiary/aromatic N) is 4. The fraction of sp³-hybridized carbons (Fsp3) is 0.130. The molecule has 0 amide bonds. The lowest BCUT2D eigenvalue weighted by molar-refractivity contribution is 0.419. The number of methoxy groups -OCH3 is 1. The zero-order valence-corrected chi connectivity index (χ0v) is 17.0. The number of para-hydroxylation sites is 1. The summed E-state index contributed by atoms with van der Waals surface area (Å²) >= 11 is 0. The van der Waals surface area contributed by atoms with Gasteiger partial charge in [-0.15, -0.1) is 0 Å². The van der Waals surface area contributed by atoms with Gasteiger partial charge in [-0.1, -0.05) is 30.3 Å². The first kappa shape index (κ1) is 19.9. The Balaban J connectivity index is 1.94. The molecule has 0 radical (unpaired) electrons. The first-order chi connectivity index (χ1) is 15.0. The molecule has 2 aromatic carbocycles. The minimum atomic E-state index is -0.384. The van der Waals surface area contributed by atoms with Crippen molar-refractivity contribution in [3.8, 4) is 17.5 Å². The van der Waals surface area contributed by atoms with Crippen LogP contribution in [0.3, 0.4) is 0 Å². The number of pyridine rings is 1. The lowest BCUT2D eigenvalue weighted by Gasteiger charge is -2.22. The van der Waals surface area contributed by atoms with E-state index in [1.54, 1.807) is 17.7 Å². The number of hydrogen-bond acceptors (Lipinski definition) is 7. The van der Waals surface area contributed by atoms with Crippen LogP contribution in [0.5, 0.6) is 5.75 Å². The number of ether oxygens (including phenoxy) is 1. The van der Waals surface area contributed by atoms with Gasteiger partial charge in [0.05, 0.1) is 24.7 Å². The quantitative estimate of drug-likeness (QED) is 0.515. The van der Waals surface area contributed by atoms with Gasteiger partial charge < -0.3 is 15.8 Å². The van der Waals surface area contributed by atoms with E-state index in [1.165, 1.54) is 6.20 Å². The van der Waals surface area contributed by atoms with Crippen LogP contribution in [-0.4, -0.2) is 21.6 Å². The predicted octanol–water partition coefficient (Wildman–Crippen LogP) is 3.42. The first-order valence-electron chi connectivity index (χ1n) is 9.60. The summed E-state index contributed by atoms with van der Waals surface area (Å²) in [6, 6.07) is 18.4. The van der Waals surface area contributed by atoms with E-state index in [9.17, 15) is 10.1 Å². The standard InChI is InChI=1S/C23H20N6O2/c1-14(27-21-16(12-24)13-26-23(25)28-21)18-11-15-7-6-10-19(31-2)20(15)22(30)29(18)17-8-4-3-5-9-17/h3-11,13-14H,1-2H3,(H3,25,26,27,28)/t14-/m0/s1. The van der Waals surface area contributed by atoms with Crippen LogP contribution in [0.4, 0.5) is 11.8 Å². The van der Waals surface area contributed by atoms with E-state index in [2.05, 4.69) is 21.4 Å². The largest absolute Gasteiger partial charge is 0.496 e. The Kier molecular flexibility index (Phi) is 5.24. The van der Waals surface area contributed by atoms with Crippen LogP contribution >= 0.6 is 0 Å². The SMILES string of the molecule is COc1cccc2cc([C@H](C)Nc3nc(N)ncc3C#N)n(-c3ccccc3)c(=O)c12. The summed E-state index contributed by atoms with van der Waals surface area (Å²) in [7, 11) is 1.54. The van der Waals surface area contributed by atoms with Gasteiger partial charge in [-0.25, -0.2) is 4.98 Å². The second-order valence-corrected chi connectivity index (χ2v) is 6.94. The molecule has 1 atom stereocenters. The third-order valence-electron chi connectivity index (χ3n) is 5.00. The molecule has 3 N–H and O–H groups in total. The lowest BCUT2D eigenvalue weighted by atomic mass is 10.1. The van der Waals surface area contributed by atoms with E-state index in [-0.39, 0.29) is 23.1 Å². The Hall–Kier alpha value is -4.38. The Bertz CT molecular complexity index is 1360.